The second-order valence-corrected chi connectivity index (χ2v) is 7.51. The molecule has 1 aliphatic heterocycles. The van der Waals surface area contributed by atoms with E-state index in [2.05, 4.69) is 36.1 Å². The molecule has 1 aliphatic rings. The Morgan fingerprint density at radius 1 is 0.966 bits per heavy atom. The van der Waals surface area contributed by atoms with Crippen LogP contribution in [0.2, 0.25) is 0 Å². The van der Waals surface area contributed by atoms with Crippen LogP contribution in [0.3, 0.4) is 0 Å². The van der Waals surface area contributed by atoms with Gasteiger partial charge in [0.05, 0.1) is 5.56 Å². The van der Waals surface area contributed by atoms with Crippen LogP contribution in [0.15, 0.2) is 82.0 Å². The van der Waals surface area contributed by atoms with Crippen molar-refractivity contribution < 1.29 is 9.15 Å². The zero-order chi connectivity index (χ0) is 19.8. The Labute approximate surface area is 169 Å². The maximum atomic E-state index is 12.4. The summed E-state index contributed by atoms with van der Waals surface area (Å²) in [6, 6.07) is 24.0. The predicted octanol–water partition coefficient (Wildman–Crippen LogP) is 5.12. The van der Waals surface area contributed by atoms with Crippen molar-refractivity contribution in [2.75, 3.05) is 6.73 Å². The number of aryl methyl sites for hydroxylation is 1. The molecule has 0 saturated carbocycles. The molecule has 0 N–H and O–H groups in total. The van der Waals surface area contributed by atoms with Crippen LogP contribution in [-0.4, -0.2) is 11.6 Å². The van der Waals surface area contributed by atoms with Gasteiger partial charge in [0, 0.05) is 24.5 Å². The Morgan fingerprint density at radius 3 is 2.55 bits per heavy atom. The third-order valence-electron chi connectivity index (χ3n) is 5.37. The minimum atomic E-state index is -0.346. The minimum Gasteiger partial charge on any atom is -0.478 e. The van der Waals surface area contributed by atoms with Gasteiger partial charge in [0.2, 0.25) is 0 Å². The largest absolute Gasteiger partial charge is 0.478 e. The SMILES string of the molecule is Cc1ccc(-c2cc(=O)oc3c4c(ccc23)OCN(Cc2ccccc2)C4)cc1. The van der Waals surface area contributed by atoms with Gasteiger partial charge in [-0.25, -0.2) is 4.79 Å². The monoisotopic (exact) mass is 383 g/mol. The van der Waals surface area contributed by atoms with Gasteiger partial charge in [-0.1, -0.05) is 60.2 Å². The summed E-state index contributed by atoms with van der Waals surface area (Å²) >= 11 is 0. The molecule has 0 atom stereocenters. The van der Waals surface area contributed by atoms with Gasteiger partial charge in [-0.05, 0) is 35.7 Å². The van der Waals surface area contributed by atoms with E-state index in [1.807, 2.05) is 42.5 Å². The van der Waals surface area contributed by atoms with Crippen LogP contribution in [0, 0.1) is 6.92 Å². The van der Waals surface area contributed by atoms with Gasteiger partial charge in [0.15, 0.2) is 0 Å². The average Bonchev–Trinajstić information content (AvgIpc) is 2.74. The van der Waals surface area contributed by atoms with E-state index in [9.17, 15) is 4.79 Å². The van der Waals surface area contributed by atoms with E-state index in [0.29, 0.717) is 18.9 Å². The first-order chi connectivity index (χ1) is 14.2. The highest BCUT2D eigenvalue weighted by Gasteiger charge is 2.22. The lowest BCUT2D eigenvalue weighted by Gasteiger charge is -2.29. The van der Waals surface area contributed by atoms with Crippen molar-refractivity contribution in [3.05, 3.63) is 99.9 Å². The Kier molecular flexibility index (Phi) is 4.41. The first kappa shape index (κ1) is 17.7. The van der Waals surface area contributed by atoms with Gasteiger partial charge in [0.1, 0.15) is 18.1 Å². The highest BCUT2D eigenvalue weighted by atomic mass is 16.5. The molecule has 29 heavy (non-hydrogen) atoms. The van der Waals surface area contributed by atoms with Crippen molar-refractivity contribution in [3.63, 3.8) is 0 Å². The smallest absolute Gasteiger partial charge is 0.336 e. The number of benzene rings is 3. The number of nitrogens with zero attached hydrogens (tertiary/aromatic N) is 1. The van der Waals surface area contributed by atoms with Crippen molar-refractivity contribution in [1.82, 2.24) is 4.90 Å². The fourth-order valence-corrected chi connectivity index (χ4v) is 3.89. The molecule has 0 unspecified atom stereocenters. The van der Waals surface area contributed by atoms with E-state index in [4.69, 9.17) is 9.15 Å². The maximum absolute atomic E-state index is 12.4. The summed E-state index contributed by atoms with van der Waals surface area (Å²) in [4.78, 5) is 14.6. The van der Waals surface area contributed by atoms with Crippen LogP contribution < -0.4 is 10.4 Å². The number of rotatable bonds is 3. The predicted molar refractivity (Wildman–Crippen MR) is 114 cm³/mol. The van der Waals surface area contributed by atoms with Gasteiger partial charge in [0.25, 0.3) is 0 Å². The highest BCUT2D eigenvalue weighted by Crippen LogP contribution is 2.36. The summed E-state index contributed by atoms with van der Waals surface area (Å²) in [6.07, 6.45) is 0. The summed E-state index contributed by atoms with van der Waals surface area (Å²) in [6.45, 7) is 4.01. The fraction of sp³-hybridized carbons (Fsp3) is 0.160. The van der Waals surface area contributed by atoms with E-state index in [-0.39, 0.29) is 5.63 Å². The third kappa shape index (κ3) is 3.43. The van der Waals surface area contributed by atoms with Gasteiger partial charge in [-0.15, -0.1) is 0 Å². The van der Waals surface area contributed by atoms with Gasteiger partial charge in [-0.2, -0.15) is 0 Å². The number of hydrogen-bond donors (Lipinski definition) is 0. The van der Waals surface area contributed by atoms with Crippen LogP contribution in [0.1, 0.15) is 16.7 Å². The van der Waals surface area contributed by atoms with E-state index in [1.54, 1.807) is 6.07 Å². The van der Waals surface area contributed by atoms with Crippen molar-refractivity contribution in [1.29, 1.82) is 0 Å². The van der Waals surface area contributed by atoms with E-state index < -0.39 is 0 Å². The van der Waals surface area contributed by atoms with Crippen molar-refractivity contribution >= 4 is 11.0 Å². The minimum absolute atomic E-state index is 0.346. The molecular formula is C25H21NO3. The van der Waals surface area contributed by atoms with E-state index in [1.165, 1.54) is 11.1 Å². The molecule has 0 aliphatic carbocycles. The fourth-order valence-electron chi connectivity index (χ4n) is 3.89. The molecule has 2 heterocycles. The summed E-state index contributed by atoms with van der Waals surface area (Å²) in [5, 5.41) is 0.928. The summed E-state index contributed by atoms with van der Waals surface area (Å²) in [5.74, 6) is 0.783. The molecule has 0 fully saturated rings. The van der Waals surface area contributed by atoms with Crippen LogP contribution in [0.4, 0.5) is 0 Å². The zero-order valence-corrected chi connectivity index (χ0v) is 16.2. The number of ether oxygens (including phenoxy) is 1. The lowest BCUT2D eigenvalue weighted by atomic mass is 9.98. The Morgan fingerprint density at radius 2 is 1.76 bits per heavy atom. The molecule has 4 nitrogen and oxygen atoms in total. The lowest BCUT2D eigenvalue weighted by Crippen LogP contribution is -2.31. The Bertz CT molecular complexity index is 1230. The number of fused-ring (bicyclic) bond motifs is 3. The quantitative estimate of drug-likeness (QED) is 0.461. The second-order valence-electron chi connectivity index (χ2n) is 7.51. The standard InChI is InChI=1S/C25H21NO3/c1-17-7-9-19(10-8-17)21-13-24(27)29-25-20(21)11-12-23-22(25)15-26(16-28-23)14-18-5-3-2-4-6-18/h2-13H,14-16H2,1H3. The van der Waals surface area contributed by atoms with E-state index in [0.717, 1.165) is 34.4 Å². The van der Waals surface area contributed by atoms with Crippen molar-refractivity contribution in [2.24, 2.45) is 0 Å². The summed E-state index contributed by atoms with van der Waals surface area (Å²) < 4.78 is 11.7. The second kappa shape index (κ2) is 7.22. The molecule has 144 valence electrons. The molecule has 4 heteroatoms. The van der Waals surface area contributed by atoms with E-state index >= 15 is 0 Å². The molecule has 0 saturated heterocycles. The normalized spacial score (nSPS) is 13.8. The maximum Gasteiger partial charge on any atom is 0.336 e. The molecule has 1 aromatic heterocycles. The topological polar surface area (TPSA) is 42.7 Å². The molecule has 0 radical (unpaired) electrons. The molecule has 0 spiro atoms. The van der Waals surface area contributed by atoms with Gasteiger partial charge < -0.3 is 9.15 Å². The van der Waals surface area contributed by atoms with Crippen LogP contribution in [0.25, 0.3) is 22.1 Å². The van der Waals surface area contributed by atoms with Crippen LogP contribution >= 0.6 is 0 Å². The van der Waals surface area contributed by atoms with Crippen molar-refractivity contribution in [2.45, 2.75) is 20.0 Å². The first-order valence-electron chi connectivity index (χ1n) is 9.73. The van der Waals surface area contributed by atoms with Gasteiger partial charge in [-0.3, -0.25) is 4.90 Å². The summed E-state index contributed by atoms with van der Waals surface area (Å²) in [5.41, 5.74) is 5.50. The molecular weight excluding hydrogens is 362 g/mol. The van der Waals surface area contributed by atoms with Crippen molar-refractivity contribution in [3.8, 4) is 16.9 Å². The van der Waals surface area contributed by atoms with Gasteiger partial charge >= 0.3 is 5.63 Å². The molecule has 3 aromatic carbocycles. The Hall–Kier alpha value is -3.37. The Balaban J connectivity index is 1.58. The molecule has 4 aromatic rings. The molecule has 0 bridgehead atoms. The third-order valence-corrected chi connectivity index (χ3v) is 5.37. The average molecular weight is 383 g/mol. The summed E-state index contributed by atoms with van der Waals surface area (Å²) in [7, 11) is 0. The number of hydrogen-bond acceptors (Lipinski definition) is 4. The van der Waals surface area contributed by atoms with Crippen LogP contribution in [-0.2, 0) is 13.1 Å². The first-order valence-corrected chi connectivity index (χ1v) is 9.73. The highest BCUT2D eigenvalue weighted by molar-refractivity contribution is 5.95. The van der Waals surface area contributed by atoms with Crippen LogP contribution in [0.5, 0.6) is 5.75 Å². The lowest BCUT2D eigenvalue weighted by molar-refractivity contribution is 0.0890. The zero-order valence-electron chi connectivity index (χ0n) is 16.2. The molecule has 0 amide bonds. The molecule has 5 rings (SSSR count).